The van der Waals surface area contributed by atoms with Gasteiger partial charge in [-0.25, -0.2) is 0 Å². The van der Waals surface area contributed by atoms with E-state index < -0.39 is 0 Å². The highest BCUT2D eigenvalue weighted by Crippen LogP contribution is 2.18. The fourth-order valence-electron chi connectivity index (χ4n) is 2.16. The van der Waals surface area contributed by atoms with Gasteiger partial charge >= 0.3 is 0 Å². The molecule has 0 aromatic heterocycles. The highest BCUT2D eigenvalue weighted by molar-refractivity contribution is 4.59. The van der Waals surface area contributed by atoms with E-state index in [4.69, 9.17) is 4.74 Å². The minimum Gasteiger partial charge on any atom is -0.379 e. The highest BCUT2D eigenvalue weighted by atomic mass is 16.5. The average molecular weight is 198 g/mol. The lowest BCUT2D eigenvalue weighted by atomic mass is 9.96. The van der Waals surface area contributed by atoms with E-state index in [-0.39, 0.29) is 0 Å². The Bertz CT molecular complexity index is 117. The summed E-state index contributed by atoms with van der Waals surface area (Å²) in [6.07, 6.45) is 11.4. The van der Waals surface area contributed by atoms with Crippen LogP contribution >= 0.6 is 0 Å². The first-order valence-electron chi connectivity index (χ1n) is 6.40. The average Bonchev–Trinajstić information content (AvgIpc) is 2.17. The third-order valence-corrected chi connectivity index (χ3v) is 3.31. The fourth-order valence-corrected chi connectivity index (χ4v) is 2.16. The van der Waals surface area contributed by atoms with Crippen molar-refractivity contribution in [2.75, 3.05) is 6.61 Å². The lowest BCUT2D eigenvalue weighted by Gasteiger charge is -2.17. The number of hydrogen-bond donors (Lipinski definition) is 0. The van der Waals surface area contributed by atoms with Gasteiger partial charge in [-0.15, -0.1) is 0 Å². The number of rotatable bonds is 0. The van der Waals surface area contributed by atoms with Crippen molar-refractivity contribution in [2.45, 2.75) is 71.3 Å². The second-order valence-electron chi connectivity index (χ2n) is 4.92. The summed E-state index contributed by atoms with van der Waals surface area (Å²) in [6, 6.07) is 0. The van der Waals surface area contributed by atoms with Crippen molar-refractivity contribution in [1.82, 2.24) is 0 Å². The van der Waals surface area contributed by atoms with Gasteiger partial charge in [0.15, 0.2) is 0 Å². The van der Waals surface area contributed by atoms with Gasteiger partial charge in [0.05, 0.1) is 6.10 Å². The molecule has 0 bridgehead atoms. The van der Waals surface area contributed by atoms with E-state index in [2.05, 4.69) is 13.8 Å². The summed E-state index contributed by atoms with van der Waals surface area (Å²) in [7, 11) is 0. The van der Waals surface area contributed by atoms with Crippen LogP contribution in [0.4, 0.5) is 0 Å². The predicted octanol–water partition coefficient (Wildman–Crippen LogP) is 4.16. The van der Waals surface area contributed by atoms with E-state index in [1.54, 1.807) is 0 Å². The predicted molar refractivity (Wildman–Crippen MR) is 61.5 cm³/mol. The van der Waals surface area contributed by atoms with Gasteiger partial charge in [-0.2, -0.15) is 0 Å². The van der Waals surface area contributed by atoms with Crippen molar-refractivity contribution in [3.63, 3.8) is 0 Å². The van der Waals surface area contributed by atoms with Crippen LogP contribution in [0.5, 0.6) is 0 Å². The van der Waals surface area contributed by atoms with Crippen molar-refractivity contribution in [2.24, 2.45) is 5.92 Å². The SMILES string of the molecule is CC1CCCCCCCOC(C)CC1. The lowest BCUT2D eigenvalue weighted by molar-refractivity contribution is 0.0523. The Morgan fingerprint density at radius 3 is 2.36 bits per heavy atom. The van der Waals surface area contributed by atoms with Crippen molar-refractivity contribution in [3.8, 4) is 0 Å². The lowest BCUT2D eigenvalue weighted by Crippen LogP contribution is -2.11. The molecule has 2 atom stereocenters. The molecule has 0 amide bonds. The summed E-state index contributed by atoms with van der Waals surface area (Å²) in [5, 5.41) is 0. The molecule has 14 heavy (non-hydrogen) atoms. The zero-order valence-electron chi connectivity index (χ0n) is 9.93. The van der Waals surface area contributed by atoms with Crippen LogP contribution in [-0.4, -0.2) is 12.7 Å². The van der Waals surface area contributed by atoms with Crippen molar-refractivity contribution >= 4 is 0 Å². The molecule has 1 fully saturated rings. The Morgan fingerprint density at radius 1 is 0.786 bits per heavy atom. The summed E-state index contributed by atoms with van der Waals surface area (Å²) in [4.78, 5) is 0. The molecule has 0 N–H and O–H groups in total. The molecule has 0 saturated carbocycles. The summed E-state index contributed by atoms with van der Waals surface area (Å²) >= 11 is 0. The first-order chi connectivity index (χ1) is 6.79. The van der Waals surface area contributed by atoms with E-state index in [1.807, 2.05) is 0 Å². The summed E-state index contributed by atoms with van der Waals surface area (Å²) in [6.45, 7) is 5.59. The van der Waals surface area contributed by atoms with Crippen molar-refractivity contribution < 1.29 is 4.74 Å². The van der Waals surface area contributed by atoms with Gasteiger partial charge in [0.1, 0.15) is 0 Å². The summed E-state index contributed by atoms with van der Waals surface area (Å²) in [5.41, 5.74) is 0. The third-order valence-electron chi connectivity index (χ3n) is 3.31. The number of ether oxygens (including phenoxy) is 1. The van der Waals surface area contributed by atoms with Crippen LogP contribution in [0.3, 0.4) is 0 Å². The molecule has 1 saturated heterocycles. The van der Waals surface area contributed by atoms with Crippen LogP contribution in [0.15, 0.2) is 0 Å². The molecule has 1 heterocycles. The number of hydrogen-bond acceptors (Lipinski definition) is 1. The van der Waals surface area contributed by atoms with Gasteiger partial charge in [-0.05, 0) is 32.1 Å². The van der Waals surface area contributed by atoms with Crippen LogP contribution in [0, 0.1) is 5.92 Å². The minimum atomic E-state index is 0.483. The molecular formula is C13H26O. The molecule has 1 aliphatic rings. The fraction of sp³-hybridized carbons (Fsp3) is 1.00. The summed E-state index contributed by atoms with van der Waals surface area (Å²) in [5.74, 6) is 0.903. The van der Waals surface area contributed by atoms with E-state index in [0.29, 0.717) is 6.10 Å². The first kappa shape index (κ1) is 12.0. The molecule has 1 aliphatic heterocycles. The summed E-state index contributed by atoms with van der Waals surface area (Å²) < 4.78 is 5.76. The van der Waals surface area contributed by atoms with Crippen molar-refractivity contribution in [1.29, 1.82) is 0 Å². The molecule has 0 aromatic rings. The zero-order chi connectivity index (χ0) is 10.2. The highest BCUT2D eigenvalue weighted by Gasteiger charge is 2.08. The van der Waals surface area contributed by atoms with E-state index in [1.165, 1.54) is 51.4 Å². The van der Waals surface area contributed by atoms with E-state index in [0.717, 1.165) is 12.5 Å². The standard InChI is InChI=1S/C13H26O/c1-12-8-6-4-3-5-7-11-14-13(2)10-9-12/h12-13H,3-11H2,1-2H3. The molecule has 0 radical (unpaired) electrons. The van der Waals surface area contributed by atoms with E-state index >= 15 is 0 Å². The second kappa shape index (κ2) is 7.28. The largest absolute Gasteiger partial charge is 0.379 e. The molecular weight excluding hydrogens is 172 g/mol. The van der Waals surface area contributed by atoms with Crippen LogP contribution in [0.1, 0.15) is 65.2 Å². The quantitative estimate of drug-likeness (QED) is 0.568. The molecule has 0 spiro atoms. The topological polar surface area (TPSA) is 9.23 Å². The molecule has 2 unspecified atom stereocenters. The molecule has 0 aromatic carbocycles. The van der Waals surface area contributed by atoms with Crippen LogP contribution in [-0.2, 0) is 4.74 Å². The maximum absolute atomic E-state index is 5.76. The maximum Gasteiger partial charge on any atom is 0.0547 e. The van der Waals surface area contributed by atoms with Gasteiger partial charge in [0.2, 0.25) is 0 Å². The molecule has 0 aliphatic carbocycles. The Balaban J connectivity index is 2.22. The molecule has 1 heteroatoms. The van der Waals surface area contributed by atoms with Gasteiger partial charge in [0, 0.05) is 6.61 Å². The van der Waals surface area contributed by atoms with Gasteiger partial charge in [0.25, 0.3) is 0 Å². The van der Waals surface area contributed by atoms with Crippen LogP contribution in [0.2, 0.25) is 0 Å². The van der Waals surface area contributed by atoms with Crippen molar-refractivity contribution in [3.05, 3.63) is 0 Å². The smallest absolute Gasteiger partial charge is 0.0547 e. The van der Waals surface area contributed by atoms with E-state index in [9.17, 15) is 0 Å². The Kier molecular flexibility index (Phi) is 6.25. The minimum absolute atomic E-state index is 0.483. The Hall–Kier alpha value is -0.0400. The molecule has 1 nitrogen and oxygen atoms in total. The van der Waals surface area contributed by atoms with Gasteiger partial charge in [-0.3, -0.25) is 0 Å². The Labute approximate surface area is 89.2 Å². The molecule has 1 rings (SSSR count). The second-order valence-corrected chi connectivity index (χ2v) is 4.92. The van der Waals surface area contributed by atoms with Gasteiger partial charge in [-0.1, -0.05) is 39.0 Å². The maximum atomic E-state index is 5.76. The zero-order valence-corrected chi connectivity index (χ0v) is 9.93. The van der Waals surface area contributed by atoms with Gasteiger partial charge < -0.3 is 4.74 Å². The third kappa shape index (κ3) is 5.64. The normalized spacial score (nSPS) is 33.0. The first-order valence-corrected chi connectivity index (χ1v) is 6.40. The Morgan fingerprint density at radius 2 is 1.50 bits per heavy atom. The molecule has 84 valence electrons. The monoisotopic (exact) mass is 198 g/mol. The van der Waals surface area contributed by atoms with Crippen LogP contribution < -0.4 is 0 Å². The van der Waals surface area contributed by atoms with Crippen LogP contribution in [0.25, 0.3) is 0 Å².